The molecule has 0 saturated heterocycles. The predicted octanol–water partition coefficient (Wildman–Crippen LogP) is 8.48. The first kappa shape index (κ1) is 38.6. The Morgan fingerprint density at radius 2 is 1.47 bits per heavy atom. The van der Waals surface area contributed by atoms with Crippen LogP contribution in [0.25, 0.3) is 11.3 Å². The first-order chi connectivity index (χ1) is 23.8. The van der Waals surface area contributed by atoms with E-state index in [1.54, 1.807) is 39.0 Å². The van der Waals surface area contributed by atoms with E-state index in [2.05, 4.69) is 15.0 Å². The molecule has 0 aliphatic rings. The lowest BCUT2D eigenvalue weighted by Gasteiger charge is -2.26. The summed E-state index contributed by atoms with van der Waals surface area (Å²) in [4.78, 5) is 25.3. The number of ether oxygens (including phenoxy) is 3. The van der Waals surface area contributed by atoms with Gasteiger partial charge in [0.2, 0.25) is 5.95 Å². The van der Waals surface area contributed by atoms with Gasteiger partial charge in [-0.2, -0.15) is 26.3 Å². The third-order valence-corrected chi connectivity index (χ3v) is 7.52. The maximum atomic E-state index is 15.1. The van der Waals surface area contributed by atoms with E-state index in [4.69, 9.17) is 19.3 Å². The summed E-state index contributed by atoms with van der Waals surface area (Å²) in [6.07, 6.45) is -7.61. The number of aromatic nitrogens is 3. The van der Waals surface area contributed by atoms with Gasteiger partial charge in [-0.15, -0.1) is 0 Å². The number of benzene rings is 2. The summed E-state index contributed by atoms with van der Waals surface area (Å²) in [7, 11) is 2.74. The van der Waals surface area contributed by atoms with Crippen molar-refractivity contribution in [3.05, 3.63) is 88.6 Å². The molecule has 4 rings (SSSR count). The fraction of sp³-hybridized carbons (Fsp3) is 0.371. The number of hydrogen-bond acceptors (Lipinski definition) is 8. The van der Waals surface area contributed by atoms with E-state index in [-0.39, 0.29) is 66.5 Å². The van der Waals surface area contributed by atoms with E-state index in [9.17, 15) is 31.1 Å². The summed E-state index contributed by atoms with van der Waals surface area (Å²) < 4.78 is 114. The number of pyridine rings is 1. The number of nitrogens with zero attached hydrogens (tertiary/aromatic N) is 4. The van der Waals surface area contributed by atoms with Crippen LogP contribution in [-0.4, -0.2) is 46.9 Å². The fourth-order valence-corrected chi connectivity index (χ4v) is 5.10. The minimum Gasteiger partial charge on any atom is -0.497 e. The van der Waals surface area contributed by atoms with Crippen LogP contribution in [0.5, 0.6) is 17.2 Å². The lowest BCUT2D eigenvalue weighted by Crippen LogP contribution is -2.25. The van der Waals surface area contributed by atoms with Crippen LogP contribution < -0.4 is 19.1 Å². The van der Waals surface area contributed by atoms with Crippen molar-refractivity contribution in [1.29, 1.82) is 0 Å². The summed E-state index contributed by atoms with van der Waals surface area (Å²) in [5.41, 5.74) is -2.88. The maximum Gasteiger partial charge on any atom is 0.416 e. The molecule has 2 aromatic carbocycles. The normalized spacial score (nSPS) is 12.1. The van der Waals surface area contributed by atoms with Gasteiger partial charge in [0.15, 0.2) is 5.75 Å². The van der Waals surface area contributed by atoms with E-state index in [0.29, 0.717) is 29.0 Å². The Labute approximate surface area is 289 Å². The highest BCUT2D eigenvalue weighted by Crippen LogP contribution is 2.39. The number of carbonyl (C=O) groups is 1. The van der Waals surface area contributed by atoms with E-state index in [1.165, 1.54) is 37.6 Å². The van der Waals surface area contributed by atoms with Crippen molar-refractivity contribution in [1.82, 2.24) is 15.0 Å². The zero-order valence-corrected chi connectivity index (χ0v) is 28.2. The highest BCUT2D eigenvalue weighted by Gasteiger charge is 2.37. The summed E-state index contributed by atoms with van der Waals surface area (Å²) >= 11 is 0. The Morgan fingerprint density at radius 3 is 2.00 bits per heavy atom. The highest BCUT2D eigenvalue weighted by atomic mass is 19.4. The number of carboxylic acids is 1. The van der Waals surface area contributed by atoms with Gasteiger partial charge in [0.05, 0.1) is 50.0 Å². The molecule has 1 N–H and O–H groups in total. The Morgan fingerprint density at radius 1 is 0.843 bits per heavy atom. The molecule has 0 spiro atoms. The lowest BCUT2D eigenvalue weighted by molar-refractivity contribution is -0.143. The van der Waals surface area contributed by atoms with Crippen LogP contribution in [0.15, 0.2) is 54.9 Å². The van der Waals surface area contributed by atoms with Crippen molar-refractivity contribution in [2.75, 3.05) is 25.7 Å². The molecule has 9 nitrogen and oxygen atoms in total. The van der Waals surface area contributed by atoms with Gasteiger partial charge in [0.25, 0.3) is 0 Å². The second kappa shape index (κ2) is 15.4. The molecule has 0 aliphatic carbocycles. The zero-order valence-electron chi connectivity index (χ0n) is 28.2. The molecule has 51 heavy (non-hydrogen) atoms. The number of hydrogen-bond donors (Lipinski definition) is 1. The minimum absolute atomic E-state index is 0.0272. The van der Waals surface area contributed by atoms with Crippen molar-refractivity contribution in [2.45, 2.75) is 64.5 Å². The molecule has 0 radical (unpaired) electrons. The second-order valence-electron chi connectivity index (χ2n) is 12.5. The van der Waals surface area contributed by atoms with Gasteiger partial charge < -0.3 is 24.2 Å². The Kier molecular flexibility index (Phi) is 11.7. The Hall–Kier alpha value is -5.15. The van der Waals surface area contributed by atoms with Gasteiger partial charge in [-0.05, 0) is 53.9 Å². The number of rotatable bonds is 13. The van der Waals surface area contributed by atoms with E-state index in [0.717, 1.165) is 0 Å². The molecule has 274 valence electrons. The third kappa shape index (κ3) is 9.98. The largest absolute Gasteiger partial charge is 0.497 e. The molecule has 0 amide bonds. The molecule has 0 unspecified atom stereocenters. The van der Waals surface area contributed by atoms with Crippen molar-refractivity contribution in [3.8, 4) is 28.5 Å². The van der Waals surface area contributed by atoms with Crippen molar-refractivity contribution in [2.24, 2.45) is 0 Å². The first-order valence-electron chi connectivity index (χ1n) is 15.4. The van der Waals surface area contributed by atoms with Gasteiger partial charge in [0.1, 0.15) is 23.0 Å². The van der Waals surface area contributed by atoms with E-state index in [1.807, 2.05) is 0 Å². The average molecular weight is 725 g/mol. The third-order valence-electron chi connectivity index (χ3n) is 7.52. The molecule has 0 bridgehead atoms. The van der Waals surface area contributed by atoms with Gasteiger partial charge >= 0.3 is 18.3 Å². The molecular weight excluding hydrogens is 689 g/mol. The smallest absolute Gasteiger partial charge is 0.416 e. The SMILES string of the molecule is COc1ccc(-c2nc(C(C)(C)C)c(F)cc2OC)c(CN(Cc2cc(C(F)(F)F)cc(C(F)(F)F)c2)c2ncc(OCCCC(=O)O)cn2)c1. The van der Waals surface area contributed by atoms with Gasteiger partial charge in [-0.25, -0.2) is 19.3 Å². The molecule has 0 saturated carbocycles. The summed E-state index contributed by atoms with van der Waals surface area (Å²) in [5.74, 6) is -1.13. The molecular formula is C35H35F7N4O5. The van der Waals surface area contributed by atoms with Crippen LogP contribution in [0.4, 0.5) is 36.7 Å². The number of aliphatic carboxylic acids is 1. The number of anilines is 1. The summed E-state index contributed by atoms with van der Waals surface area (Å²) in [6.45, 7) is 4.60. The molecule has 0 fully saturated rings. The lowest BCUT2D eigenvalue weighted by atomic mass is 9.90. The topological polar surface area (TPSA) is 107 Å². The van der Waals surface area contributed by atoms with Crippen molar-refractivity contribution in [3.63, 3.8) is 0 Å². The highest BCUT2D eigenvalue weighted by molar-refractivity contribution is 5.71. The summed E-state index contributed by atoms with van der Waals surface area (Å²) in [6, 6.07) is 7.30. The average Bonchev–Trinajstić information content (AvgIpc) is 3.05. The van der Waals surface area contributed by atoms with Crippen LogP contribution >= 0.6 is 0 Å². The molecule has 0 atom stereocenters. The van der Waals surface area contributed by atoms with Crippen molar-refractivity contribution >= 4 is 11.9 Å². The standard InChI is InChI=1S/C35H35F7N4O5/c1-33(2,3)31-27(36)15-28(50-5)30(45-31)26-9-8-24(49-4)13-21(26)19-46(32-43-16-25(17-44-32)51-10-6-7-29(47)48)18-20-11-22(34(37,38)39)14-23(12-20)35(40,41)42/h8-9,11-17H,6-7,10,18-19H2,1-5H3,(H,47,48). The monoisotopic (exact) mass is 724 g/mol. The Bertz CT molecular complexity index is 1810. The Balaban J connectivity index is 1.86. The van der Waals surface area contributed by atoms with Crippen LogP contribution in [-0.2, 0) is 35.7 Å². The molecule has 2 aromatic heterocycles. The van der Waals surface area contributed by atoms with Crippen LogP contribution in [0, 0.1) is 5.82 Å². The molecule has 16 heteroatoms. The maximum absolute atomic E-state index is 15.1. The summed E-state index contributed by atoms with van der Waals surface area (Å²) in [5, 5.41) is 8.84. The molecule has 0 aliphatic heterocycles. The van der Waals surface area contributed by atoms with E-state index < -0.39 is 47.2 Å². The predicted molar refractivity (Wildman–Crippen MR) is 172 cm³/mol. The van der Waals surface area contributed by atoms with Crippen LogP contribution in [0.3, 0.4) is 0 Å². The molecule has 2 heterocycles. The van der Waals surface area contributed by atoms with Crippen LogP contribution in [0.2, 0.25) is 0 Å². The number of alkyl halides is 6. The number of methoxy groups -OCH3 is 2. The zero-order chi connectivity index (χ0) is 37.7. The number of halogens is 7. The quantitative estimate of drug-likeness (QED) is 0.107. The van der Waals surface area contributed by atoms with Crippen molar-refractivity contribution < 1.29 is 54.8 Å². The minimum atomic E-state index is -5.08. The van der Waals surface area contributed by atoms with Crippen LogP contribution in [0.1, 0.15) is 61.6 Å². The van der Waals surface area contributed by atoms with Gasteiger partial charge in [-0.3, -0.25) is 4.79 Å². The second-order valence-corrected chi connectivity index (χ2v) is 12.5. The van der Waals surface area contributed by atoms with Gasteiger partial charge in [0, 0.05) is 36.6 Å². The van der Waals surface area contributed by atoms with Gasteiger partial charge in [-0.1, -0.05) is 20.8 Å². The molecule has 4 aromatic rings. The fourth-order valence-electron chi connectivity index (χ4n) is 5.10. The number of carboxylic acid groups (broad SMARTS) is 1. The van der Waals surface area contributed by atoms with E-state index >= 15 is 4.39 Å². The first-order valence-corrected chi connectivity index (χ1v) is 15.4.